The Morgan fingerprint density at radius 3 is 2.43 bits per heavy atom. The Morgan fingerprint density at radius 2 is 1.87 bits per heavy atom. The van der Waals surface area contributed by atoms with Crippen LogP contribution < -0.4 is 14.8 Å². The molecule has 0 aliphatic heterocycles. The minimum Gasteiger partial charge on any atom is -0.497 e. The van der Waals surface area contributed by atoms with E-state index in [0.717, 1.165) is 0 Å². The van der Waals surface area contributed by atoms with Gasteiger partial charge < -0.3 is 24.3 Å². The number of ether oxygens (including phenoxy) is 4. The number of rotatable bonds is 6. The van der Waals surface area contributed by atoms with E-state index in [4.69, 9.17) is 18.9 Å². The monoisotopic (exact) mass is 325 g/mol. The van der Waals surface area contributed by atoms with Crippen molar-refractivity contribution >= 4 is 12.1 Å². The van der Waals surface area contributed by atoms with Gasteiger partial charge in [0, 0.05) is 6.07 Å². The molecule has 0 saturated heterocycles. The Labute approximate surface area is 135 Å². The lowest BCUT2D eigenvalue weighted by Gasteiger charge is -2.19. The third kappa shape index (κ3) is 6.46. The molecule has 0 aromatic heterocycles. The van der Waals surface area contributed by atoms with Crippen molar-refractivity contribution in [1.29, 1.82) is 0 Å². The highest BCUT2D eigenvalue weighted by molar-refractivity contribution is 5.92. The predicted octanol–water partition coefficient (Wildman–Crippen LogP) is 2.39. The van der Waals surface area contributed by atoms with Crippen molar-refractivity contribution in [2.24, 2.45) is 0 Å². The lowest BCUT2D eigenvalue weighted by Crippen LogP contribution is -2.34. The first-order valence-corrected chi connectivity index (χ1v) is 7.13. The molecule has 0 atom stereocenters. The molecular weight excluding hydrogens is 302 g/mol. The Kier molecular flexibility index (Phi) is 6.68. The third-order valence-electron chi connectivity index (χ3n) is 2.62. The van der Waals surface area contributed by atoms with E-state index in [1.54, 1.807) is 39.0 Å². The van der Waals surface area contributed by atoms with Crippen LogP contribution in [0.15, 0.2) is 18.2 Å². The molecule has 0 fully saturated rings. The van der Waals surface area contributed by atoms with E-state index >= 15 is 0 Å². The molecule has 1 rings (SSSR count). The maximum Gasteiger partial charge on any atom is 0.407 e. The normalized spacial score (nSPS) is 10.7. The first-order chi connectivity index (χ1) is 10.8. The van der Waals surface area contributed by atoms with Gasteiger partial charge in [-0.25, -0.2) is 9.59 Å². The van der Waals surface area contributed by atoms with Crippen LogP contribution in [0.1, 0.15) is 31.1 Å². The van der Waals surface area contributed by atoms with Gasteiger partial charge in [0.2, 0.25) is 0 Å². The van der Waals surface area contributed by atoms with Crippen molar-refractivity contribution in [3.63, 3.8) is 0 Å². The fraction of sp³-hybridized carbons (Fsp3) is 0.500. The van der Waals surface area contributed by atoms with Gasteiger partial charge >= 0.3 is 12.1 Å². The second-order valence-electron chi connectivity index (χ2n) is 5.63. The molecule has 0 bridgehead atoms. The fourth-order valence-corrected chi connectivity index (χ4v) is 1.66. The van der Waals surface area contributed by atoms with Crippen LogP contribution in [-0.2, 0) is 9.47 Å². The van der Waals surface area contributed by atoms with Gasteiger partial charge in [-0.1, -0.05) is 0 Å². The molecule has 0 spiro atoms. The van der Waals surface area contributed by atoms with Crippen LogP contribution in [0.25, 0.3) is 0 Å². The van der Waals surface area contributed by atoms with Crippen LogP contribution in [0.2, 0.25) is 0 Å². The molecule has 0 unspecified atom stereocenters. The summed E-state index contributed by atoms with van der Waals surface area (Å²) in [4.78, 5) is 23.2. The largest absolute Gasteiger partial charge is 0.497 e. The van der Waals surface area contributed by atoms with Crippen LogP contribution >= 0.6 is 0 Å². The van der Waals surface area contributed by atoms with E-state index in [-0.39, 0.29) is 18.7 Å². The molecule has 0 aliphatic rings. The number of amides is 1. The molecule has 128 valence electrons. The van der Waals surface area contributed by atoms with Gasteiger partial charge in [0.15, 0.2) is 0 Å². The van der Waals surface area contributed by atoms with Gasteiger partial charge in [-0.05, 0) is 32.9 Å². The number of esters is 1. The van der Waals surface area contributed by atoms with E-state index in [1.807, 2.05) is 0 Å². The van der Waals surface area contributed by atoms with Gasteiger partial charge in [-0.3, -0.25) is 0 Å². The van der Waals surface area contributed by atoms with Gasteiger partial charge in [-0.15, -0.1) is 0 Å². The highest BCUT2D eigenvalue weighted by atomic mass is 16.6. The second-order valence-corrected chi connectivity index (χ2v) is 5.63. The topological polar surface area (TPSA) is 83.1 Å². The summed E-state index contributed by atoms with van der Waals surface area (Å²) in [7, 11) is 2.81. The van der Waals surface area contributed by atoms with E-state index in [0.29, 0.717) is 11.5 Å². The van der Waals surface area contributed by atoms with Crippen molar-refractivity contribution in [3.8, 4) is 11.5 Å². The van der Waals surface area contributed by atoms with Crippen molar-refractivity contribution in [2.75, 3.05) is 27.4 Å². The summed E-state index contributed by atoms with van der Waals surface area (Å²) in [5.41, 5.74) is -0.277. The maximum absolute atomic E-state index is 11.7. The number of hydrogen-bond donors (Lipinski definition) is 1. The summed E-state index contributed by atoms with van der Waals surface area (Å²) in [6, 6.07) is 4.78. The molecule has 23 heavy (non-hydrogen) atoms. The molecule has 7 heteroatoms. The molecule has 0 aliphatic carbocycles. The van der Waals surface area contributed by atoms with Gasteiger partial charge in [-0.2, -0.15) is 0 Å². The number of benzene rings is 1. The highest BCUT2D eigenvalue weighted by Crippen LogP contribution is 2.25. The summed E-state index contributed by atoms with van der Waals surface area (Å²) in [6.07, 6.45) is -0.528. The zero-order chi connectivity index (χ0) is 17.5. The predicted molar refractivity (Wildman–Crippen MR) is 84.1 cm³/mol. The average molecular weight is 325 g/mol. The van der Waals surface area contributed by atoms with E-state index < -0.39 is 17.7 Å². The molecule has 0 saturated carbocycles. The Morgan fingerprint density at radius 1 is 1.17 bits per heavy atom. The quantitative estimate of drug-likeness (QED) is 0.639. The van der Waals surface area contributed by atoms with Crippen molar-refractivity contribution in [1.82, 2.24) is 5.32 Å². The SMILES string of the molecule is COC(=O)c1ccc(OC)cc1OCCNC(=O)OC(C)(C)C. The fourth-order valence-electron chi connectivity index (χ4n) is 1.66. The van der Waals surface area contributed by atoms with Crippen LogP contribution in [0.4, 0.5) is 4.79 Å². The van der Waals surface area contributed by atoms with Crippen molar-refractivity contribution in [3.05, 3.63) is 23.8 Å². The van der Waals surface area contributed by atoms with Crippen LogP contribution in [0, 0.1) is 0 Å². The maximum atomic E-state index is 11.7. The summed E-state index contributed by atoms with van der Waals surface area (Å²) in [6.45, 7) is 5.73. The standard InChI is InChI=1S/C16H23NO6/c1-16(2,3)23-15(19)17-8-9-22-13-10-11(20-4)6-7-12(13)14(18)21-5/h6-7,10H,8-9H2,1-5H3,(H,17,19). The first kappa shape index (κ1) is 18.6. The smallest absolute Gasteiger partial charge is 0.407 e. The molecule has 0 heterocycles. The lowest BCUT2D eigenvalue weighted by atomic mass is 10.2. The summed E-state index contributed by atoms with van der Waals surface area (Å²) in [5, 5.41) is 2.57. The van der Waals surface area contributed by atoms with E-state index in [2.05, 4.69) is 5.32 Å². The molecule has 1 amide bonds. The number of hydrogen-bond acceptors (Lipinski definition) is 6. The van der Waals surface area contributed by atoms with E-state index in [9.17, 15) is 9.59 Å². The van der Waals surface area contributed by atoms with Crippen LogP contribution in [0.3, 0.4) is 0 Å². The van der Waals surface area contributed by atoms with E-state index in [1.165, 1.54) is 14.2 Å². The van der Waals surface area contributed by atoms with Gasteiger partial charge in [0.05, 0.1) is 20.8 Å². The minimum atomic E-state index is -0.560. The van der Waals surface area contributed by atoms with Crippen LogP contribution in [0.5, 0.6) is 11.5 Å². The summed E-state index contributed by atoms with van der Waals surface area (Å²) < 4.78 is 20.4. The zero-order valence-electron chi connectivity index (χ0n) is 14.1. The molecule has 0 radical (unpaired) electrons. The lowest BCUT2D eigenvalue weighted by molar-refractivity contribution is 0.0516. The molecule has 7 nitrogen and oxygen atoms in total. The third-order valence-corrected chi connectivity index (χ3v) is 2.62. The number of carbonyl (C=O) groups is 2. The first-order valence-electron chi connectivity index (χ1n) is 7.13. The zero-order valence-corrected chi connectivity index (χ0v) is 14.1. The number of alkyl carbamates (subject to hydrolysis) is 1. The average Bonchev–Trinajstić information content (AvgIpc) is 2.48. The van der Waals surface area contributed by atoms with Gasteiger partial charge in [0.1, 0.15) is 29.3 Å². The number of carbonyl (C=O) groups excluding carboxylic acids is 2. The molecule has 1 aromatic carbocycles. The number of methoxy groups -OCH3 is 2. The molecule has 1 N–H and O–H groups in total. The number of nitrogens with one attached hydrogen (secondary N) is 1. The highest BCUT2D eigenvalue weighted by Gasteiger charge is 2.16. The Hall–Kier alpha value is -2.44. The molecule has 1 aromatic rings. The second kappa shape index (κ2) is 8.26. The Balaban J connectivity index is 2.59. The summed E-state index contributed by atoms with van der Waals surface area (Å²) >= 11 is 0. The van der Waals surface area contributed by atoms with Crippen LogP contribution in [-0.4, -0.2) is 45.0 Å². The van der Waals surface area contributed by atoms with Crippen molar-refractivity contribution < 1.29 is 28.5 Å². The van der Waals surface area contributed by atoms with Gasteiger partial charge in [0.25, 0.3) is 0 Å². The Bertz CT molecular complexity index is 550. The minimum absolute atomic E-state index is 0.163. The summed E-state index contributed by atoms with van der Waals surface area (Å²) in [5.74, 6) is 0.359. The van der Waals surface area contributed by atoms with Crippen molar-refractivity contribution in [2.45, 2.75) is 26.4 Å². The molecular formula is C16H23NO6.